The van der Waals surface area contributed by atoms with E-state index >= 15 is 0 Å². The van der Waals surface area contributed by atoms with Crippen molar-refractivity contribution in [1.82, 2.24) is 19.6 Å². The Bertz CT molecular complexity index is 1590. The van der Waals surface area contributed by atoms with E-state index in [1.54, 1.807) is 35.2 Å². The number of aliphatic hydroxyl groups is 1. The Morgan fingerprint density at radius 3 is 2.67 bits per heavy atom. The topological polar surface area (TPSA) is 109 Å². The van der Waals surface area contributed by atoms with Crippen LogP contribution in [0.2, 0.25) is 0 Å². The van der Waals surface area contributed by atoms with Gasteiger partial charge in [0.2, 0.25) is 0 Å². The number of hydrogen-bond donors (Lipinski definition) is 2. The highest BCUT2D eigenvalue weighted by molar-refractivity contribution is 6.09. The molecular formula is C29H33N7O3. The van der Waals surface area contributed by atoms with Crippen LogP contribution in [-0.4, -0.2) is 51.2 Å². The molecule has 0 fully saturated rings. The summed E-state index contributed by atoms with van der Waals surface area (Å²) < 4.78 is 1.49. The molecule has 10 heteroatoms. The highest BCUT2D eigenvalue weighted by atomic mass is 16.3. The molecule has 2 N–H and O–H groups in total. The third-order valence-electron chi connectivity index (χ3n) is 7.00. The van der Waals surface area contributed by atoms with Crippen LogP contribution < -0.4 is 20.7 Å². The van der Waals surface area contributed by atoms with Gasteiger partial charge in [0.05, 0.1) is 25.0 Å². The minimum absolute atomic E-state index is 0.0913. The first-order valence-electron chi connectivity index (χ1n) is 13.0. The number of aromatic nitrogens is 4. The number of pyridine rings is 1. The molecule has 0 bridgehead atoms. The molecule has 2 aromatic carbocycles. The first-order chi connectivity index (χ1) is 18.8. The number of nitrogens with one attached hydrogen (secondary N) is 1. The first kappa shape index (κ1) is 26.2. The summed E-state index contributed by atoms with van der Waals surface area (Å²) in [5.41, 5.74) is 5.63. The van der Waals surface area contributed by atoms with Gasteiger partial charge in [-0.3, -0.25) is 9.59 Å². The smallest absolute Gasteiger partial charge is 0.274 e. The quantitative estimate of drug-likeness (QED) is 0.361. The molecule has 202 valence electrons. The van der Waals surface area contributed by atoms with Crippen molar-refractivity contribution in [2.24, 2.45) is 7.05 Å². The SMILES string of the molecule is CCCn1ncc(Nc2cc(-c3cccc(N4CCc5cc(N(C)C)ccc5C4=O)c3CO)cn(C)c2=O)n1. The fraction of sp³-hybridized carbons (Fsp3) is 0.310. The maximum absolute atomic E-state index is 13.6. The molecule has 39 heavy (non-hydrogen) atoms. The van der Waals surface area contributed by atoms with Crippen LogP contribution in [0.25, 0.3) is 11.1 Å². The molecular weight excluding hydrogens is 494 g/mol. The highest BCUT2D eigenvalue weighted by Crippen LogP contribution is 2.35. The molecule has 3 heterocycles. The molecule has 0 saturated heterocycles. The summed E-state index contributed by atoms with van der Waals surface area (Å²) in [6.07, 6.45) is 4.93. The van der Waals surface area contributed by atoms with Gasteiger partial charge in [-0.15, -0.1) is 5.10 Å². The van der Waals surface area contributed by atoms with Crippen LogP contribution in [0.3, 0.4) is 0 Å². The van der Waals surface area contributed by atoms with Crippen LogP contribution in [0, 0.1) is 0 Å². The number of hydrogen-bond acceptors (Lipinski definition) is 7. The fourth-order valence-corrected chi connectivity index (χ4v) is 5.00. The minimum atomic E-state index is -0.265. The van der Waals surface area contributed by atoms with E-state index < -0.39 is 0 Å². The molecule has 5 rings (SSSR count). The maximum Gasteiger partial charge on any atom is 0.274 e. The number of amides is 1. The summed E-state index contributed by atoms with van der Waals surface area (Å²) >= 11 is 0. The van der Waals surface area contributed by atoms with Gasteiger partial charge in [-0.05, 0) is 54.3 Å². The van der Waals surface area contributed by atoms with E-state index in [1.165, 1.54) is 4.57 Å². The normalized spacial score (nSPS) is 12.9. The Kier molecular flexibility index (Phi) is 7.21. The number of aryl methyl sites for hydroxylation is 2. The summed E-state index contributed by atoms with van der Waals surface area (Å²) in [7, 11) is 5.64. The largest absolute Gasteiger partial charge is 0.392 e. The van der Waals surface area contributed by atoms with Crippen molar-refractivity contribution in [3.63, 3.8) is 0 Å². The zero-order chi connectivity index (χ0) is 27.7. The number of anilines is 4. The van der Waals surface area contributed by atoms with E-state index in [-0.39, 0.29) is 18.1 Å². The first-order valence-corrected chi connectivity index (χ1v) is 13.0. The number of benzene rings is 2. The second-order valence-corrected chi connectivity index (χ2v) is 9.91. The summed E-state index contributed by atoms with van der Waals surface area (Å²) in [5, 5.41) is 22.2. The lowest BCUT2D eigenvalue weighted by Gasteiger charge is -2.31. The van der Waals surface area contributed by atoms with Gasteiger partial charge < -0.3 is 24.8 Å². The van der Waals surface area contributed by atoms with Crippen molar-refractivity contribution >= 4 is 28.8 Å². The molecule has 0 saturated carbocycles. The molecule has 10 nitrogen and oxygen atoms in total. The average molecular weight is 528 g/mol. The van der Waals surface area contributed by atoms with Gasteiger partial charge in [-0.25, -0.2) is 0 Å². The Hall–Kier alpha value is -4.44. The Balaban J connectivity index is 1.51. The Labute approximate surface area is 227 Å². The van der Waals surface area contributed by atoms with Crippen LogP contribution in [0.15, 0.2) is 59.7 Å². The number of fused-ring (bicyclic) bond motifs is 1. The van der Waals surface area contributed by atoms with Crippen molar-refractivity contribution in [1.29, 1.82) is 0 Å². The van der Waals surface area contributed by atoms with Crippen molar-refractivity contribution in [3.05, 3.63) is 81.9 Å². The minimum Gasteiger partial charge on any atom is -0.392 e. The Morgan fingerprint density at radius 1 is 1.10 bits per heavy atom. The van der Waals surface area contributed by atoms with E-state index in [9.17, 15) is 14.7 Å². The monoisotopic (exact) mass is 527 g/mol. The van der Waals surface area contributed by atoms with E-state index in [0.717, 1.165) is 28.8 Å². The number of carbonyl (C=O) groups excluding carboxylic acids is 1. The van der Waals surface area contributed by atoms with E-state index in [1.807, 2.05) is 56.3 Å². The maximum atomic E-state index is 13.6. The van der Waals surface area contributed by atoms with Crippen LogP contribution in [0.1, 0.15) is 34.8 Å². The summed E-state index contributed by atoms with van der Waals surface area (Å²) in [5.74, 6) is 0.384. The average Bonchev–Trinajstić information content (AvgIpc) is 3.37. The van der Waals surface area contributed by atoms with Crippen LogP contribution in [-0.2, 0) is 26.6 Å². The van der Waals surface area contributed by atoms with Gasteiger partial charge in [-0.2, -0.15) is 9.90 Å². The lowest BCUT2D eigenvalue weighted by atomic mass is 9.94. The predicted molar refractivity (Wildman–Crippen MR) is 153 cm³/mol. The fourth-order valence-electron chi connectivity index (χ4n) is 5.00. The summed E-state index contributed by atoms with van der Waals surface area (Å²) in [6, 6.07) is 13.3. The number of rotatable bonds is 8. The number of carbonyl (C=O) groups is 1. The second kappa shape index (κ2) is 10.7. The molecule has 0 spiro atoms. The van der Waals surface area contributed by atoms with Gasteiger partial charge >= 0.3 is 0 Å². The standard InChI is InChI=1S/C29H33N7O3/c1-5-12-36-30-16-27(32-36)31-25-15-20(17-34(4)29(25)39)22-7-6-8-26(24(22)18-37)35-13-11-19-14-21(33(2)3)9-10-23(19)28(35)38/h6-10,14-17,37H,5,11-13,18H2,1-4H3,(H,31,32). The Morgan fingerprint density at radius 2 is 1.92 bits per heavy atom. The van der Waals surface area contributed by atoms with E-state index in [4.69, 9.17) is 0 Å². The third-order valence-corrected chi connectivity index (χ3v) is 7.00. The molecule has 0 unspecified atom stereocenters. The lowest BCUT2D eigenvalue weighted by molar-refractivity contribution is 0.0980. The molecule has 0 aliphatic carbocycles. The van der Waals surface area contributed by atoms with Crippen LogP contribution in [0.4, 0.5) is 22.9 Å². The predicted octanol–water partition coefficient (Wildman–Crippen LogP) is 3.56. The zero-order valence-electron chi connectivity index (χ0n) is 22.7. The van der Waals surface area contributed by atoms with E-state index in [2.05, 4.69) is 21.6 Å². The van der Waals surface area contributed by atoms with Crippen molar-refractivity contribution in [2.45, 2.75) is 32.9 Å². The molecule has 1 amide bonds. The number of aliphatic hydroxyl groups excluding tert-OH is 1. The van der Waals surface area contributed by atoms with Crippen molar-refractivity contribution in [2.75, 3.05) is 35.8 Å². The van der Waals surface area contributed by atoms with Crippen LogP contribution in [0.5, 0.6) is 0 Å². The van der Waals surface area contributed by atoms with E-state index in [0.29, 0.717) is 47.8 Å². The molecule has 0 radical (unpaired) electrons. The molecule has 0 atom stereocenters. The van der Waals surface area contributed by atoms with Crippen molar-refractivity contribution in [3.8, 4) is 11.1 Å². The van der Waals surface area contributed by atoms with Gasteiger partial charge in [0.1, 0.15) is 5.69 Å². The van der Waals surface area contributed by atoms with Gasteiger partial charge in [0, 0.05) is 56.3 Å². The van der Waals surface area contributed by atoms with Gasteiger partial charge in [-0.1, -0.05) is 19.1 Å². The van der Waals surface area contributed by atoms with Crippen LogP contribution >= 0.6 is 0 Å². The third kappa shape index (κ3) is 5.03. The number of nitrogens with zero attached hydrogens (tertiary/aromatic N) is 6. The molecule has 2 aromatic heterocycles. The molecule has 4 aromatic rings. The second-order valence-electron chi connectivity index (χ2n) is 9.91. The molecule has 1 aliphatic rings. The van der Waals surface area contributed by atoms with Crippen molar-refractivity contribution < 1.29 is 9.90 Å². The highest BCUT2D eigenvalue weighted by Gasteiger charge is 2.28. The molecule has 1 aliphatic heterocycles. The van der Waals surface area contributed by atoms with Gasteiger partial charge in [0.25, 0.3) is 11.5 Å². The summed E-state index contributed by atoms with van der Waals surface area (Å²) in [6.45, 7) is 2.97. The van der Waals surface area contributed by atoms with Gasteiger partial charge in [0.15, 0.2) is 5.82 Å². The lowest BCUT2D eigenvalue weighted by Crippen LogP contribution is -2.38. The summed E-state index contributed by atoms with van der Waals surface area (Å²) in [4.78, 5) is 31.8. The zero-order valence-corrected chi connectivity index (χ0v) is 22.7.